The van der Waals surface area contributed by atoms with Crippen molar-refractivity contribution >= 4 is 17.4 Å². The van der Waals surface area contributed by atoms with Gasteiger partial charge in [0.2, 0.25) is 0 Å². The SMILES string of the molecule is CC(C)(C)OC(=O)NCCc1cncs1. The van der Waals surface area contributed by atoms with E-state index in [0.717, 1.165) is 11.3 Å². The van der Waals surface area contributed by atoms with Crippen LogP contribution in [0.25, 0.3) is 0 Å². The zero-order valence-electron chi connectivity index (χ0n) is 9.24. The smallest absolute Gasteiger partial charge is 0.407 e. The number of carbonyl (C=O) groups is 1. The van der Waals surface area contributed by atoms with Gasteiger partial charge >= 0.3 is 6.09 Å². The predicted octanol–water partition coefficient (Wildman–Crippen LogP) is 2.21. The van der Waals surface area contributed by atoms with E-state index in [-0.39, 0.29) is 6.09 Å². The van der Waals surface area contributed by atoms with E-state index in [9.17, 15) is 4.79 Å². The van der Waals surface area contributed by atoms with E-state index in [4.69, 9.17) is 4.74 Å². The Morgan fingerprint density at radius 2 is 2.33 bits per heavy atom. The predicted molar refractivity (Wildman–Crippen MR) is 60.1 cm³/mol. The molecule has 0 bridgehead atoms. The van der Waals surface area contributed by atoms with E-state index in [2.05, 4.69) is 10.3 Å². The molecule has 84 valence electrons. The highest BCUT2D eigenvalue weighted by Gasteiger charge is 2.15. The Bertz CT molecular complexity index is 304. The number of alkyl carbamates (subject to hydrolysis) is 1. The number of hydrogen-bond acceptors (Lipinski definition) is 4. The molecule has 0 aliphatic carbocycles. The lowest BCUT2D eigenvalue weighted by molar-refractivity contribution is 0.0528. The molecule has 15 heavy (non-hydrogen) atoms. The number of amides is 1. The number of aromatic nitrogens is 1. The number of ether oxygens (including phenoxy) is 1. The molecule has 0 fully saturated rings. The summed E-state index contributed by atoms with van der Waals surface area (Å²) in [4.78, 5) is 16.4. The Morgan fingerprint density at radius 3 is 2.87 bits per heavy atom. The normalized spacial score (nSPS) is 11.1. The zero-order valence-corrected chi connectivity index (χ0v) is 10.1. The van der Waals surface area contributed by atoms with Crippen LogP contribution in [-0.2, 0) is 11.2 Å². The van der Waals surface area contributed by atoms with Gasteiger partial charge in [0.1, 0.15) is 5.60 Å². The molecule has 0 unspecified atom stereocenters. The van der Waals surface area contributed by atoms with Crippen LogP contribution in [0.4, 0.5) is 4.79 Å². The van der Waals surface area contributed by atoms with E-state index in [0.29, 0.717) is 6.54 Å². The van der Waals surface area contributed by atoms with E-state index >= 15 is 0 Å². The molecule has 1 amide bonds. The lowest BCUT2D eigenvalue weighted by atomic mass is 10.2. The Labute approximate surface area is 93.7 Å². The standard InChI is InChI=1S/C10H16N2O2S/c1-10(2,3)14-9(13)12-5-4-8-6-11-7-15-8/h6-7H,4-5H2,1-3H3,(H,12,13). The van der Waals surface area contributed by atoms with Crippen molar-refractivity contribution in [3.05, 3.63) is 16.6 Å². The van der Waals surface area contributed by atoms with E-state index in [1.54, 1.807) is 23.0 Å². The molecule has 1 aromatic rings. The van der Waals surface area contributed by atoms with Crippen molar-refractivity contribution in [3.8, 4) is 0 Å². The highest BCUT2D eigenvalue weighted by molar-refractivity contribution is 7.09. The van der Waals surface area contributed by atoms with Gasteiger partial charge in [-0.05, 0) is 20.8 Å². The summed E-state index contributed by atoms with van der Waals surface area (Å²) in [5.41, 5.74) is 1.34. The summed E-state index contributed by atoms with van der Waals surface area (Å²) >= 11 is 1.58. The first-order valence-corrected chi connectivity index (χ1v) is 5.69. The van der Waals surface area contributed by atoms with Crippen molar-refractivity contribution in [2.45, 2.75) is 32.8 Å². The Kier molecular flexibility index (Phi) is 4.08. The van der Waals surface area contributed by atoms with Gasteiger partial charge < -0.3 is 10.1 Å². The maximum atomic E-state index is 11.2. The first-order chi connectivity index (χ1) is 6.97. The highest BCUT2D eigenvalue weighted by atomic mass is 32.1. The van der Waals surface area contributed by atoms with Crippen molar-refractivity contribution in [1.29, 1.82) is 0 Å². The van der Waals surface area contributed by atoms with Crippen LogP contribution in [0.2, 0.25) is 0 Å². The number of nitrogens with one attached hydrogen (secondary N) is 1. The fourth-order valence-electron chi connectivity index (χ4n) is 0.968. The summed E-state index contributed by atoms with van der Waals surface area (Å²) in [5, 5.41) is 2.70. The Hall–Kier alpha value is -1.10. The molecule has 0 aliphatic heterocycles. The Morgan fingerprint density at radius 1 is 1.60 bits per heavy atom. The third-order valence-corrected chi connectivity index (χ3v) is 2.36. The molecule has 5 heteroatoms. The minimum Gasteiger partial charge on any atom is -0.444 e. The van der Waals surface area contributed by atoms with Gasteiger partial charge in [-0.25, -0.2) is 4.79 Å². The van der Waals surface area contributed by atoms with Crippen LogP contribution < -0.4 is 5.32 Å². The highest BCUT2D eigenvalue weighted by Crippen LogP contribution is 2.07. The number of carbonyl (C=O) groups excluding carboxylic acids is 1. The summed E-state index contributed by atoms with van der Waals surface area (Å²) in [7, 11) is 0. The lowest BCUT2D eigenvalue weighted by Crippen LogP contribution is -2.33. The second-order valence-corrected chi connectivity index (χ2v) is 5.12. The fourth-order valence-corrected chi connectivity index (χ4v) is 1.57. The molecular weight excluding hydrogens is 212 g/mol. The average molecular weight is 228 g/mol. The van der Waals surface area contributed by atoms with Gasteiger partial charge in [0.05, 0.1) is 5.51 Å². The van der Waals surface area contributed by atoms with Gasteiger partial charge in [0.15, 0.2) is 0 Å². The quantitative estimate of drug-likeness (QED) is 0.863. The molecule has 1 N–H and O–H groups in total. The molecular formula is C10H16N2O2S. The van der Waals surface area contributed by atoms with Crippen molar-refractivity contribution in [1.82, 2.24) is 10.3 Å². The molecule has 4 nitrogen and oxygen atoms in total. The molecule has 1 rings (SSSR count). The van der Waals surface area contributed by atoms with Gasteiger partial charge in [-0.3, -0.25) is 4.98 Å². The number of nitrogens with zero attached hydrogens (tertiary/aromatic N) is 1. The topological polar surface area (TPSA) is 51.2 Å². The minimum absolute atomic E-state index is 0.369. The first kappa shape index (κ1) is 12.0. The zero-order chi connectivity index (χ0) is 11.3. The second kappa shape index (κ2) is 5.11. The van der Waals surface area contributed by atoms with Crippen LogP contribution in [0, 0.1) is 0 Å². The van der Waals surface area contributed by atoms with Gasteiger partial charge in [-0.1, -0.05) is 0 Å². The lowest BCUT2D eigenvalue weighted by Gasteiger charge is -2.19. The molecule has 0 spiro atoms. The van der Waals surface area contributed by atoms with Crippen LogP contribution in [0.3, 0.4) is 0 Å². The van der Waals surface area contributed by atoms with E-state index in [1.165, 1.54) is 0 Å². The van der Waals surface area contributed by atoms with Gasteiger partial charge in [0, 0.05) is 24.0 Å². The van der Waals surface area contributed by atoms with Crippen LogP contribution in [-0.4, -0.2) is 23.2 Å². The third-order valence-electron chi connectivity index (χ3n) is 1.52. The fraction of sp³-hybridized carbons (Fsp3) is 0.600. The van der Waals surface area contributed by atoms with Crippen molar-refractivity contribution in [2.75, 3.05) is 6.54 Å². The summed E-state index contributed by atoms with van der Waals surface area (Å²) in [5.74, 6) is 0. The van der Waals surface area contributed by atoms with E-state index in [1.807, 2.05) is 20.8 Å². The van der Waals surface area contributed by atoms with Crippen molar-refractivity contribution in [3.63, 3.8) is 0 Å². The third kappa shape index (κ3) is 5.37. The molecule has 0 atom stereocenters. The van der Waals surface area contributed by atoms with Crippen LogP contribution in [0.1, 0.15) is 25.6 Å². The average Bonchev–Trinajstić information content (AvgIpc) is 2.53. The van der Waals surface area contributed by atoms with Crippen LogP contribution in [0.5, 0.6) is 0 Å². The van der Waals surface area contributed by atoms with E-state index < -0.39 is 5.60 Å². The number of thiazole rings is 1. The molecule has 0 saturated carbocycles. The van der Waals surface area contributed by atoms with Gasteiger partial charge in [0.25, 0.3) is 0 Å². The van der Waals surface area contributed by atoms with Crippen molar-refractivity contribution in [2.24, 2.45) is 0 Å². The molecule has 1 heterocycles. The number of hydrogen-bond donors (Lipinski definition) is 1. The second-order valence-electron chi connectivity index (χ2n) is 4.15. The molecule has 0 saturated heterocycles. The van der Waals surface area contributed by atoms with Gasteiger partial charge in [-0.15, -0.1) is 11.3 Å². The molecule has 0 aliphatic rings. The minimum atomic E-state index is -0.436. The number of rotatable bonds is 3. The maximum absolute atomic E-state index is 11.2. The Balaban J connectivity index is 2.18. The summed E-state index contributed by atoms with van der Waals surface area (Å²) in [6.45, 7) is 6.11. The maximum Gasteiger partial charge on any atom is 0.407 e. The summed E-state index contributed by atoms with van der Waals surface area (Å²) in [6.07, 6.45) is 2.23. The summed E-state index contributed by atoms with van der Waals surface area (Å²) < 4.78 is 5.09. The van der Waals surface area contributed by atoms with Crippen LogP contribution >= 0.6 is 11.3 Å². The van der Waals surface area contributed by atoms with Gasteiger partial charge in [-0.2, -0.15) is 0 Å². The molecule has 0 radical (unpaired) electrons. The first-order valence-electron chi connectivity index (χ1n) is 4.81. The van der Waals surface area contributed by atoms with Crippen LogP contribution in [0.15, 0.2) is 11.7 Å². The monoisotopic (exact) mass is 228 g/mol. The largest absolute Gasteiger partial charge is 0.444 e. The molecule has 0 aromatic carbocycles. The molecule has 1 aromatic heterocycles. The van der Waals surface area contributed by atoms with Crippen molar-refractivity contribution < 1.29 is 9.53 Å². The summed E-state index contributed by atoms with van der Waals surface area (Å²) in [6, 6.07) is 0.